The number of carbonyl (C=O) groups is 1. The molecule has 2 N–H and O–H groups in total. The summed E-state index contributed by atoms with van der Waals surface area (Å²) in [6, 6.07) is 7.48. The highest BCUT2D eigenvalue weighted by Crippen LogP contribution is 2.40. The fourth-order valence-electron chi connectivity index (χ4n) is 3.98. The van der Waals surface area contributed by atoms with Gasteiger partial charge in [0, 0.05) is 49.9 Å². The van der Waals surface area contributed by atoms with Gasteiger partial charge in [-0.2, -0.15) is 5.10 Å². The molecule has 0 aliphatic carbocycles. The van der Waals surface area contributed by atoms with Gasteiger partial charge in [-0.15, -0.1) is 0 Å². The number of hydrogen-bond donors (Lipinski definition) is 2. The summed E-state index contributed by atoms with van der Waals surface area (Å²) < 4.78 is 11.7. The van der Waals surface area contributed by atoms with Gasteiger partial charge in [0.05, 0.1) is 23.9 Å². The van der Waals surface area contributed by atoms with E-state index in [1.165, 1.54) is 0 Å². The third-order valence-corrected chi connectivity index (χ3v) is 5.57. The number of rotatable bonds is 4. The number of pyridine rings is 1. The number of aromatic nitrogens is 3. The predicted octanol–water partition coefficient (Wildman–Crippen LogP) is 2.30. The minimum Gasteiger partial charge on any atom is -0.496 e. The molecule has 154 valence electrons. The van der Waals surface area contributed by atoms with Crippen LogP contribution >= 0.6 is 0 Å². The van der Waals surface area contributed by atoms with E-state index in [2.05, 4.69) is 25.4 Å². The number of hydrogen-bond acceptors (Lipinski definition) is 7. The lowest BCUT2D eigenvalue weighted by Crippen LogP contribution is -2.43. The lowest BCUT2D eigenvalue weighted by Gasteiger charge is -2.28. The molecule has 2 aliphatic heterocycles. The molecule has 5 rings (SSSR count). The second-order valence-corrected chi connectivity index (χ2v) is 7.55. The van der Waals surface area contributed by atoms with Gasteiger partial charge in [-0.3, -0.25) is 14.8 Å². The summed E-state index contributed by atoms with van der Waals surface area (Å²) in [6.07, 6.45) is 1.68. The largest absolute Gasteiger partial charge is 0.496 e. The molecule has 1 saturated heterocycles. The van der Waals surface area contributed by atoms with E-state index in [0.29, 0.717) is 29.2 Å². The molecule has 0 radical (unpaired) electrons. The Balaban J connectivity index is 1.51. The molecule has 0 saturated carbocycles. The van der Waals surface area contributed by atoms with E-state index in [4.69, 9.17) is 9.47 Å². The van der Waals surface area contributed by atoms with Gasteiger partial charge in [-0.05, 0) is 31.2 Å². The summed E-state index contributed by atoms with van der Waals surface area (Å²) in [6.45, 7) is 6.36. The zero-order chi connectivity index (χ0) is 20.7. The zero-order valence-corrected chi connectivity index (χ0v) is 17.0. The van der Waals surface area contributed by atoms with Crippen LogP contribution in [0.5, 0.6) is 11.5 Å². The molecule has 1 fully saturated rings. The van der Waals surface area contributed by atoms with Crippen LogP contribution in [0.1, 0.15) is 27.3 Å². The molecule has 4 heterocycles. The van der Waals surface area contributed by atoms with Crippen molar-refractivity contribution in [3.8, 4) is 11.5 Å². The van der Waals surface area contributed by atoms with Crippen molar-refractivity contribution >= 4 is 22.9 Å². The Kier molecular flexibility index (Phi) is 4.72. The van der Waals surface area contributed by atoms with E-state index in [9.17, 15) is 4.79 Å². The number of piperazine rings is 1. The quantitative estimate of drug-likeness (QED) is 0.644. The number of aryl methyl sites for hydroxylation is 1. The SMILES string of the molecule is COc1ccc2c(c1CN1CCNCC1)O/C(=C\c1n[nH]c3nc(C)ccc13)C2=O. The smallest absolute Gasteiger partial charge is 0.232 e. The van der Waals surface area contributed by atoms with E-state index in [-0.39, 0.29) is 11.5 Å². The average Bonchev–Trinajstić information content (AvgIpc) is 3.30. The van der Waals surface area contributed by atoms with Crippen LogP contribution in [0.25, 0.3) is 17.1 Å². The van der Waals surface area contributed by atoms with Crippen molar-refractivity contribution in [1.29, 1.82) is 0 Å². The normalized spacial score (nSPS) is 18.1. The Bertz CT molecular complexity index is 1160. The van der Waals surface area contributed by atoms with Crippen LogP contribution in [0.15, 0.2) is 30.0 Å². The molecule has 0 bridgehead atoms. The molecule has 3 aromatic rings. The number of H-pyrrole nitrogens is 1. The molecule has 0 unspecified atom stereocenters. The first-order chi connectivity index (χ1) is 14.6. The highest BCUT2D eigenvalue weighted by molar-refractivity contribution is 6.15. The number of carbonyl (C=O) groups excluding carboxylic acids is 1. The lowest BCUT2D eigenvalue weighted by atomic mass is 10.0. The van der Waals surface area contributed by atoms with Gasteiger partial charge in [0.1, 0.15) is 11.5 Å². The van der Waals surface area contributed by atoms with Crippen molar-refractivity contribution in [3.05, 3.63) is 52.5 Å². The topological polar surface area (TPSA) is 92.4 Å². The number of fused-ring (bicyclic) bond motifs is 2. The maximum Gasteiger partial charge on any atom is 0.232 e. The lowest BCUT2D eigenvalue weighted by molar-refractivity contribution is 0.101. The first kappa shape index (κ1) is 18.8. The van der Waals surface area contributed by atoms with Gasteiger partial charge in [-0.25, -0.2) is 4.98 Å². The summed E-state index contributed by atoms with van der Waals surface area (Å²) in [4.78, 5) is 19.8. The third-order valence-electron chi connectivity index (χ3n) is 5.57. The Morgan fingerprint density at radius 2 is 2.07 bits per heavy atom. The molecule has 2 aliphatic rings. The van der Waals surface area contributed by atoms with Crippen molar-refractivity contribution in [3.63, 3.8) is 0 Å². The summed E-state index contributed by atoms with van der Waals surface area (Å²) in [5, 5.41) is 11.4. The van der Waals surface area contributed by atoms with E-state index < -0.39 is 0 Å². The number of aromatic amines is 1. The zero-order valence-electron chi connectivity index (χ0n) is 17.0. The molecule has 1 aromatic carbocycles. The van der Waals surface area contributed by atoms with Crippen LogP contribution in [0.3, 0.4) is 0 Å². The van der Waals surface area contributed by atoms with E-state index in [1.54, 1.807) is 19.3 Å². The first-order valence-electron chi connectivity index (χ1n) is 10.0. The number of methoxy groups -OCH3 is 1. The van der Waals surface area contributed by atoms with Crippen LogP contribution in [-0.4, -0.2) is 59.2 Å². The van der Waals surface area contributed by atoms with Crippen molar-refractivity contribution in [2.45, 2.75) is 13.5 Å². The van der Waals surface area contributed by atoms with Gasteiger partial charge in [0.2, 0.25) is 5.78 Å². The maximum atomic E-state index is 13.0. The van der Waals surface area contributed by atoms with Crippen molar-refractivity contribution in [1.82, 2.24) is 25.4 Å². The van der Waals surface area contributed by atoms with Gasteiger partial charge >= 0.3 is 0 Å². The number of allylic oxidation sites excluding steroid dienone is 1. The van der Waals surface area contributed by atoms with E-state index in [0.717, 1.165) is 48.6 Å². The number of ether oxygens (including phenoxy) is 2. The maximum absolute atomic E-state index is 13.0. The number of Topliss-reactive ketones (excluding diaryl/α,β-unsaturated/α-hetero) is 1. The monoisotopic (exact) mass is 405 g/mol. The molecule has 30 heavy (non-hydrogen) atoms. The molecular weight excluding hydrogens is 382 g/mol. The molecule has 8 nitrogen and oxygen atoms in total. The van der Waals surface area contributed by atoms with Crippen molar-refractivity contribution in [2.24, 2.45) is 0 Å². The fraction of sp³-hybridized carbons (Fsp3) is 0.318. The van der Waals surface area contributed by atoms with Crippen LogP contribution in [0, 0.1) is 6.92 Å². The summed E-state index contributed by atoms with van der Waals surface area (Å²) in [5.41, 5.74) is 3.67. The summed E-state index contributed by atoms with van der Waals surface area (Å²) in [7, 11) is 1.64. The van der Waals surface area contributed by atoms with Gasteiger partial charge in [0.25, 0.3) is 0 Å². The minimum atomic E-state index is -0.148. The van der Waals surface area contributed by atoms with Crippen LogP contribution < -0.4 is 14.8 Å². The van der Waals surface area contributed by atoms with Gasteiger partial charge in [-0.1, -0.05) is 0 Å². The Morgan fingerprint density at radius 3 is 2.87 bits per heavy atom. The molecular formula is C22H23N5O3. The standard InChI is InChI=1S/C22H23N5O3/c1-13-3-4-14-17(25-26-22(14)24-13)11-19-20(28)15-5-6-18(29-2)16(21(15)30-19)12-27-9-7-23-8-10-27/h3-6,11,23H,7-10,12H2,1-2H3,(H,24,25,26)/b19-11-. The van der Waals surface area contributed by atoms with Crippen LogP contribution in [0.2, 0.25) is 0 Å². The molecule has 8 heteroatoms. The highest BCUT2D eigenvalue weighted by atomic mass is 16.5. The van der Waals surface area contributed by atoms with E-state index >= 15 is 0 Å². The fourth-order valence-corrected chi connectivity index (χ4v) is 3.98. The Labute approximate surface area is 173 Å². The van der Waals surface area contributed by atoms with Gasteiger partial charge in [0.15, 0.2) is 11.4 Å². The Hall–Kier alpha value is -3.23. The molecule has 0 amide bonds. The predicted molar refractivity (Wildman–Crippen MR) is 113 cm³/mol. The number of nitrogens with zero attached hydrogens (tertiary/aromatic N) is 3. The Morgan fingerprint density at radius 1 is 1.23 bits per heavy atom. The number of nitrogens with one attached hydrogen (secondary N) is 2. The number of ketones is 1. The van der Waals surface area contributed by atoms with Crippen LogP contribution in [-0.2, 0) is 6.54 Å². The van der Waals surface area contributed by atoms with Crippen LogP contribution in [0.4, 0.5) is 0 Å². The van der Waals surface area contributed by atoms with Gasteiger partial charge < -0.3 is 14.8 Å². The minimum absolute atomic E-state index is 0.148. The van der Waals surface area contributed by atoms with Crippen molar-refractivity contribution < 1.29 is 14.3 Å². The summed E-state index contributed by atoms with van der Waals surface area (Å²) in [5.74, 6) is 1.42. The first-order valence-corrected chi connectivity index (χ1v) is 10.0. The van der Waals surface area contributed by atoms with E-state index in [1.807, 2.05) is 25.1 Å². The van der Waals surface area contributed by atoms with Crippen molar-refractivity contribution in [2.75, 3.05) is 33.3 Å². The number of benzene rings is 1. The molecule has 0 atom stereocenters. The molecule has 2 aromatic heterocycles. The highest BCUT2D eigenvalue weighted by Gasteiger charge is 2.32. The third kappa shape index (κ3) is 3.24. The second kappa shape index (κ2) is 7.55. The summed E-state index contributed by atoms with van der Waals surface area (Å²) >= 11 is 0. The second-order valence-electron chi connectivity index (χ2n) is 7.55. The average molecular weight is 405 g/mol. The molecule has 0 spiro atoms.